The average Bonchev–Trinajstić information content (AvgIpc) is 2.15. The first-order valence-corrected chi connectivity index (χ1v) is 5.33. The molecule has 0 aliphatic carbocycles. The molecule has 0 aromatic rings. The Bertz CT molecular complexity index is 149. The maximum Gasteiger partial charge on any atom is 0.221 e. The van der Waals surface area contributed by atoms with Crippen LogP contribution in [0.25, 0.3) is 0 Å². The Hall–Kier alpha value is -0.320. The Morgan fingerprint density at radius 3 is 2.36 bits per heavy atom. The molecule has 0 radical (unpaired) electrons. The number of halogens is 1. The molecule has 1 amide bonds. The van der Waals surface area contributed by atoms with Gasteiger partial charge in [0, 0.05) is 25.5 Å². The number of hydrogen-bond acceptors (Lipinski definition) is 3. The van der Waals surface area contributed by atoms with Crippen LogP contribution in [0.2, 0.25) is 0 Å². The van der Waals surface area contributed by atoms with E-state index in [2.05, 4.69) is 5.32 Å². The topological polar surface area (TPSA) is 47.6 Å². The van der Waals surface area contributed by atoms with Crippen LogP contribution in [0.1, 0.15) is 20.3 Å². The average molecular weight is 224 g/mol. The van der Waals surface area contributed by atoms with Gasteiger partial charge in [-0.1, -0.05) is 0 Å². The van der Waals surface area contributed by atoms with Gasteiger partial charge in [0.2, 0.25) is 5.91 Å². The van der Waals surface area contributed by atoms with Gasteiger partial charge in [0.1, 0.15) is 0 Å². The molecule has 0 aromatic heterocycles. The van der Waals surface area contributed by atoms with E-state index >= 15 is 0 Å². The first kappa shape index (κ1) is 13.7. The minimum Gasteiger partial charge on any atom is -0.351 e. The molecule has 14 heavy (non-hydrogen) atoms. The van der Waals surface area contributed by atoms with Crippen molar-refractivity contribution in [2.45, 2.75) is 26.6 Å². The lowest BCUT2D eigenvalue weighted by Gasteiger charge is -2.17. The summed E-state index contributed by atoms with van der Waals surface area (Å²) < 4.78 is 10.5. The summed E-state index contributed by atoms with van der Waals surface area (Å²) in [4.78, 5) is 11.0. The predicted octanol–water partition coefficient (Wildman–Crippen LogP) is 1.13. The van der Waals surface area contributed by atoms with Gasteiger partial charge >= 0.3 is 0 Å². The number of amides is 1. The summed E-state index contributed by atoms with van der Waals surface area (Å²) in [5.74, 6) is 0.254. The fraction of sp³-hybridized carbons (Fsp3) is 0.889. The molecule has 0 atom stereocenters. The zero-order chi connectivity index (χ0) is 10.8. The van der Waals surface area contributed by atoms with E-state index in [0.717, 1.165) is 0 Å². The van der Waals surface area contributed by atoms with Crippen LogP contribution in [0, 0.1) is 0 Å². The molecular weight excluding hydrogens is 206 g/mol. The number of rotatable bonds is 8. The second-order valence-electron chi connectivity index (χ2n) is 2.58. The van der Waals surface area contributed by atoms with Gasteiger partial charge in [-0.15, -0.1) is 11.6 Å². The van der Waals surface area contributed by atoms with Gasteiger partial charge in [-0.3, -0.25) is 4.79 Å². The van der Waals surface area contributed by atoms with Crippen molar-refractivity contribution in [2.75, 3.05) is 25.6 Å². The fourth-order valence-electron chi connectivity index (χ4n) is 0.909. The van der Waals surface area contributed by atoms with Crippen LogP contribution >= 0.6 is 11.6 Å². The van der Waals surface area contributed by atoms with Gasteiger partial charge in [-0.05, 0) is 13.8 Å². The van der Waals surface area contributed by atoms with E-state index < -0.39 is 0 Å². The SMILES string of the molecule is CCOC(CNC(=O)CCCl)OCC. The van der Waals surface area contributed by atoms with E-state index in [4.69, 9.17) is 21.1 Å². The predicted molar refractivity (Wildman–Crippen MR) is 55.4 cm³/mol. The van der Waals surface area contributed by atoms with Crippen molar-refractivity contribution in [3.8, 4) is 0 Å². The first-order chi connectivity index (χ1) is 6.74. The standard InChI is InChI=1S/C9H18ClNO3/c1-3-13-9(14-4-2)7-11-8(12)5-6-10/h9H,3-7H2,1-2H3,(H,11,12). The number of carbonyl (C=O) groups excluding carboxylic acids is 1. The number of carbonyl (C=O) groups is 1. The number of nitrogens with one attached hydrogen (secondary N) is 1. The van der Waals surface area contributed by atoms with Crippen LogP contribution in [-0.2, 0) is 14.3 Å². The molecular formula is C9H18ClNO3. The van der Waals surface area contributed by atoms with Gasteiger partial charge in [-0.25, -0.2) is 0 Å². The molecule has 0 fully saturated rings. The first-order valence-electron chi connectivity index (χ1n) is 4.80. The molecule has 0 spiro atoms. The van der Waals surface area contributed by atoms with Crippen molar-refractivity contribution in [1.29, 1.82) is 0 Å². The normalized spacial score (nSPS) is 10.6. The van der Waals surface area contributed by atoms with Crippen molar-refractivity contribution in [2.24, 2.45) is 0 Å². The molecule has 0 heterocycles. The van der Waals surface area contributed by atoms with Crippen LogP contribution in [-0.4, -0.2) is 37.8 Å². The molecule has 0 unspecified atom stereocenters. The second kappa shape index (κ2) is 9.24. The number of ether oxygens (including phenoxy) is 2. The van der Waals surface area contributed by atoms with Gasteiger partial charge in [-0.2, -0.15) is 0 Å². The summed E-state index contributed by atoms with van der Waals surface area (Å²) in [5.41, 5.74) is 0. The highest BCUT2D eigenvalue weighted by Crippen LogP contribution is 1.94. The minimum atomic E-state index is -0.357. The molecule has 0 saturated carbocycles. The highest BCUT2D eigenvalue weighted by Gasteiger charge is 2.09. The van der Waals surface area contributed by atoms with Crippen molar-refractivity contribution in [3.05, 3.63) is 0 Å². The largest absolute Gasteiger partial charge is 0.351 e. The van der Waals surface area contributed by atoms with Gasteiger partial charge < -0.3 is 14.8 Å². The Labute approximate surface area is 89.9 Å². The van der Waals surface area contributed by atoms with Crippen molar-refractivity contribution >= 4 is 17.5 Å². The smallest absolute Gasteiger partial charge is 0.221 e. The van der Waals surface area contributed by atoms with E-state index in [1.807, 2.05) is 13.8 Å². The summed E-state index contributed by atoms with van der Waals surface area (Å²) in [5, 5.41) is 2.68. The number of hydrogen-bond donors (Lipinski definition) is 1. The van der Waals surface area contributed by atoms with E-state index in [1.165, 1.54) is 0 Å². The summed E-state index contributed by atoms with van der Waals surface area (Å²) in [7, 11) is 0. The Morgan fingerprint density at radius 1 is 1.36 bits per heavy atom. The van der Waals surface area contributed by atoms with Crippen molar-refractivity contribution in [3.63, 3.8) is 0 Å². The third-order valence-electron chi connectivity index (χ3n) is 1.49. The molecule has 5 heteroatoms. The Balaban J connectivity index is 3.63. The lowest BCUT2D eigenvalue weighted by atomic mass is 10.4. The highest BCUT2D eigenvalue weighted by molar-refractivity contribution is 6.18. The maximum absolute atomic E-state index is 11.0. The summed E-state index contributed by atoms with van der Waals surface area (Å²) >= 11 is 5.41. The molecule has 0 aromatic carbocycles. The molecule has 1 N–H and O–H groups in total. The van der Waals surface area contributed by atoms with E-state index in [1.54, 1.807) is 0 Å². The van der Waals surface area contributed by atoms with Crippen LogP contribution < -0.4 is 5.32 Å². The lowest BCUT2D eigenvalue weighted by molar-refractivity contribution is -0.140. The molecule has 0 aliphatic heterocycles. The minimum absolute atomic E-state index is 0.0793. The molecule has 0 bridgehead atoms. The summed E-state index contributed by atoms with van der Waals surface area (Å²) in [6.45, 7) is 5.27. The van der Waals surface area contributed by atoms with Crippen LogP contribution in [0.3, 0.4) is 0 Å². The zero-order valence-corrected chi connectivity index (χ0v) is 9.47. The molecule has 0 saturated heterocycles. The van der Waals surface area contributed by atoms with Gasteiger partial charge in [0.25, 0.3) is 0 Å². The highest BCUT2D eigenvalue weighted by atomic mass is 35.5. The monoisotopic (exact) mass is 223 g/mol. The van der Waals surface area contributed by atoms with E-state index in [0.29, 0.717) is 32.1 Å². The third-order valence-corrected chi connectivity index (χ3v) is 1.68. The summed E-state index contributed by atoms with van der Waals surface area (Å²) in [6.07, 6.45) is -0.0312. The Morgan fingerprint density at radius 2 is 1.93 bits per heavy atom. The Kier molecular flexibility index (Phi) is 9.03. The van der Waals surface area contributed by atoms with Gasteiger partial charge in [0.15, 0.2) is 6.29 Å². The molecule has 84 valence electrons. The van der Waals surface area contributed by atoms with Crippen LogP contribution in [0.4, 0.5) is 0 Å². The van der Waals surface area contributed by atoms with Crippen molar-refractivity contribution < 1.29 is 14.3 Å². The third kappa shape index (κ3) is 7.12. The van der Waals surface area contributed by atoms with E-state index in [9.17, 15) is 4.79 Å². The molecule has 0 rings (SSSR count). The van der Waals surface area contributed by atoms with Crippen LogP contribution in [0.5, 0.6) is 0 Å². The lowest BCUT2D eigenvalue weighted by Crippen LogP contribution is -2.35. The van der Waals surface area contributed by atoms with E-state index in [-0.39, 0.29) is 12.2 Å². The van der Waals surface area contributed by atoms with Crippen LogP contribution in [0.15, 0.2) is 0 Å². The number of alkyl halides is 1. The summed E-state index contributed by atoms with van der Waals surface area (Å²) in [6, 6.07) is 0. The van der Waals surface area contributed by atoms with Crippen molar-refractivity contribution in [1.82, 2.24) is 5.32 Å². The zero-order valence-electron chi connectivity index (χ0n) is 8.72. The molecule has 4 nitrogen and oxygen atoms in total. The fourth-order valence-corrected chi connectivity index (χ4v) is 1.08. The quantitative estimate of drug-likeness (QED) is 0.496. The maximum atomic E-state index is 11.0. The van der Waals surface area contributed by atoms with Gasteiger partial charge in [0.05, 0.1) is 6.54 Å². The molecule has 0 aliphatic rings. The second-order valence-corrected chi connectivity index (χ2v) is 2.96.